The van der Waals surface area contributed by atoms with Gasteiger partial charge in [-0.3, -0.25) is 9.36 Å². The third kappa shape index (κ3) is 5.11. The van der Waals surface area contributed by atoms with Crippen molar-refractivity contribution in [3.05, 3.63) is 120 Å². The summed E-state index contributed by atoms with van der Waals surface area (Å²) in [5.74, 6) is 0.193. The Morgan fingerprint density at radius 2 is 1.42 bits per heavy atom. The van der Waals surface area contributed by atoms with E-state index >= 15 is 0 Å². The average Bonchev–Trinajstić information content (AvgIpc) is 3.31. The van der Waals surface area contributed by atoms with Crippen LogP contribution in [-0.2, 0) is 4.79 Å². The third-order valence-corrected chi connectivity index (χ3v) is 6.89. The molecule has 178 valence electrons. The first kappa shape index (κ1) is 23.6. The lowest BCUT2D eigenvalue weighted by Gasteiger charge is -2.13. The number of imidazole rings is 1. The summed E-state index contributed by atoms with van der Waals surface area (Å²) in [5, 5.41) is 3.84. The van der Waals surface area contributed by atoms with Gasteiger partial charge in [0.25, 0.3) is 0 Å². The number of hydrogen-bond donors (Lipinski definition) is 1. The molecule has 0 aliphatic rings. The Hall–Kier alpha value is -4.09. The summed E-state index contributed by atoms with van der Waals surface area (Å²) in [6, 6.07) is 36.8. The van der Waals surface area contributed by atoms with Gasteiger partial charge in [-0.05, 0) is 43.2 Å². The average molecular weight is 490 g/mol. The minimum absolute atomic E-state index is 0.0566. The Bertz CT molecular complexity index is 1480. The van der Waals surface area contributed by atoms with Crippen molar-refractivity contribution >= 4 is 23.4 Å². The largest absolute Gasteiger partial charge is 0.325 e. The molecule has 0 unspecified atom stereocenters. The Morgan fingerprint density at radius 1 is 0.806 bits per heavy atom. The number of para-hydroxylation sites is 1. The first-order chi connectivity index (χ1) is 17.6. The SMILES string of the molecule is Cc1ccc(C)c(NC(=O)CSc2nc(-c3ccccc3)c(-c3ccccc3)n2-c2ccccc2)c1. The molecule has 1 N–H and O–H groups in total. The van der Waals surface area contributed by atoms with Gasteiger partial charge in [0.05, 0.1) is 17.1 Å². The molecule has 4 nitrogen and oxygen atoms in total. The number of carbonyl (C=O) groups excluding carboxylic acids is 1. The molecule has 5 heteroatoms. The van der Waals surface area contributed by atoms with Gasteiger partial charge < -0.3 is 5.32 Å². The van der Waals surface area contributed by atoms with Gasteiger partial charge in [0, 0.05) is 22.5 Å². The van der Waals surface area contributed by atoms with Crippen LogP contribution in [0.15, 0.2) is 114 Å². The number of aromatic nitrogens is 2. The van der Waals surface area contributed by atoms with Gasteiger partial charge >= 0.3 is 0 Å². The molecule has 0 aliphatic heterocycles. The molecule has 0 saturated carbocycles. The number of amides is 1. The van der Waals surface area contributed by atoms with E-state index in [0.29, 0.717) is 0 Å². The molecular weight excluding hydrogens is 462 g/mol. The highest BCUT2D eigenvalue weighted by Crippen LogP contribution is 2.38. The maximum Gasteiger partial charge on any atom is 0.234 e. The van der Waals surface area contributed by atoms with Crippen LogP contribution < -0.4 is 5.32 Å². The van der Waals surface area contributed by atoms with E-state index in [1.165, 1.54) is 11.8 Å². The standard InChI is InChI=1S/C31H27N3OS/c1-22-18-19-23(2)27(20-22)32-28(35)21-36-31-33-29(24-12-6-3-7-13-24)30(25-14-8-4-9-15-25)34(31)26-16-10-5-11-17-26/h3-20H,21H2,1-2H3,(H,32,35). The van der Waals surface area contributed by atoms with Gasteiger partial charge in [-0.15, -0.1) is 0 Å². The van der Waals surface area contributed by atoms with Crippen LogP contribution in [0.4, 0.5) is 5.69 Å². The number of rotatable bonds is 7. The molecular formula is C31H27N3OS. The molecule has 1 aromatic heterocycles. The lowest BCUT2D eigenvalue weighted by molar-refractivity contribution is -0.113. The van der Waals surface area contributed by atoms with Crippen LogP contribution in [0.1, 0.15) is 11.1 Å². The van der Waals surface area contributed by atoms with Crippen LogP contribution in [0, 0.1) is 13.8 Å². The fraction of sp³-hybridized carbons (Fsp3) is 0.0968. The summed E-state index contributed by atoms with van der Waals surface area (Å²) in [5.41, 5.74) is 8.01. The van der Waals surface area contributed by atoms with Gasteiger partial charge in [-0.25, -0.2) is 4.98 Å². The van der Waals surface area contributed by atoms with Crippen LogP contribution >= 0.6 is 11.8 Å². The number of thioether (sulfide) groups is 1. The first-order valence-corrected chi connectivity index (χ1v) is 12.9. The van der Waals surface area contributed by atoms with E-state index in [4.69, 9.17) is 4.98 Å². The van der Waals surface area contributed by atoms with Crippen molar-refractivity contribution in [2.45, 2.75) is 19.0 Å². The normalized spacial score (nSPS) is 10.8. The van der Waals surface area contributed by atoms with Crippen molar-refractivity contribution in [1.82, 2.24) is 9.55 Å². The number of aryl methyl sites for hydroxylation is 2. The van der Waals surface area contributed by atoms with Crippen LogP contribution in [0.5, 0.6) is 0 Å². The van der Waals surface area contributed by atoms with Gasteiger partial charge in [0.1, 0.15) is 0 Å². The summed E-state index contributed by atoms with van der Waals surface area (Å²) in [4.78, 5) is 18.0. The topological polar surface area (TPSA) is 46.9 Å². The summed E-state index contributed by atoms with van der Waals surface area (Å²) in [6.45, 7) is 4.03. The molecule has 0 atom stereocenters. The Kier molecular flexibility index (Phi) is 7.01. The van der Waals surface area contributed by atoms with E-state index in [0.717, 1.165) is 50.2 Å². The summed E-state index contributed by atoms with van der Waals surface area (Å²) >= 11 is 1.44. The quantitative estimate of drug-likeness (QED) is 0.240. The van der Waals surface area contributed by atoms with Crippen molar-refractivity contribution in [2.75, 3.05) is 11.1 Å². The summed E-state index contributed by atoms with van der Waals surface area (Å²) in [6.07, 6.45) is 0. The van der Waals surface area contributed by atoms with Crippen molar-refractivity contribution in [2.24, 2.45) is 0 Å². The first-order valence-electron chi connectivity index (χ1n) is 11.9. The van der Waals surface area contributed by atoms with Crippen LogP contribution in [-0.4, -0.2) is 21.2 Å². The number of hydrogen-bond acceptors (Lipinski definition) is 3. The lowest BCUT2D eigenvalue weighted by atomic mass is 10.0. The minimum Gasteiger partial charge on any atom is -0.325 e. The molecule has 0 bridgehead atoms. The molecule has 1 heterocycles. The predicted molar refractivity (Wildman–Crippen MR) is 150 cm³/mol. The van der Waals surface area contributed by atoms with E-state index in [9.17, 15) is 4.79 Å². The predicted octanol–water partition coefficient (Wildman–Crippen LogP) is 7.55. The lowest BCUT2D eigenvalue weighted by Crippen LogP contribution is -2.15. The molecule has 5 aromatic rings. The Balaban J connectivity index is 1.56. The number of anilines is 1. The number of nitrogens with one attached hydrogen (secondary N) is 1. The fourth-order valence-corrected chi connectivity index (χ4v) is 4.97. The van der Waals surface area contributed by atoms with Crippen molar-refractivity contribution in [1.29, 1.82) is 0 Å². The second-order valence-corrected chi connectivity index (χ2v) is 9.59. The second-order valence-electron chi connectivity index (χ2n) is 8.65. The summed E-state index contributed by atoms with van der Waals surface area (Å²) in [7, 11) is 0. The van der Waals surface area contributed by atoms with Crippen LogP contribution in [0.2, 0.25) is 0 Å². The maximum atomic E-state index is 13.0. The molecule has 0 radical (unpaired) electrons. The highest BCUT2D eigenvalue weighted by atomic mass is 32.2. The molecule has 0 spiro atoms. The number of benzene rings is 4. The highest BCUT2D eigenvalue weighted by Gasteiger charge is 2.22. The zero-order valence-electron chi connectivity index (χ0n) is 20.3. The minimum atomic E-state index is -0.0566. The van der Waals surface area contributed by atoms with E-state index in [1.807, 2.05) is 86.6 Å². The van der Waals surface area contributed by atoms with Gasteiger partial charge in [0.2, 0.25) is 5.91 Å². The molecule has 0 aliphatic carbocycles. The van der Waals surface area contributed by atoms with Crippen molar-refractivity contribution < 1.29 is 4.79 Å². The molecule has 0 fully saturated rings. The smallest absolute Gasteiger partial charge is 0.234 e. The zero-order chi connectivity index (χ0) is 24.9. The van der Waals surface area contributed by atoms with Gasteiger partial charge in [-0.1, -0.05) is 103 Å². The van der Waals surface area contributed by atoms with Crippen molar-refractivity contribution in [3.63, 3.8) is 0 Å². The summed E-state index contributed by atoms with van der Waals surface area (Å²) < 4.78 is 2.16. The molecule has 1 amide bonds. The molecule has 5 rings (SSSR count). The Labute approximate surface area is 216 Å². The maximum absolute atomic E-state index is 13.0. The molecule has 0 saturated heterocycles. The van der Waals surface area contributed by atoms with E-state index in [-0.39, 0.29) is 11.7 Å². The van der Waals surface area contributed by atoms with Crippen LogP contribution in [0.25, 0.3) is 28.2 Å². The highest BCUT2D eigenvalue weighted by molar-refractivity contribution is 7.99. The molecule has 36 heavy (non-hydrogen) atoms. The van der Waals surface area contributed by atoms with E-state index in [1.54, 1.807) is 0 Å². The van der Waals surface area contributed by atoms with Crippen LogP contribution in [0.3, 0.4) is 0 Å². The number of carbonyl (C=O) groups is 1. The number of nitrogens with zero attached hydrogens (tertiary/aromatic N) is 2. The van der Waals surface area contributed by atoms with E-state index < -0.39 is 0 Å². The van der Waals surface area contributed by atoms with Gasteiger partial charge in [0.15, 0.2) is 5.16 Å². The third-order valence-electron chi connectivity index (χ3n) is 5.96. The molecule has 4 aromatic carbocycles. The van der Waals surface area contributed by atoms with Crippen molar-refractivity contribution in [3.8, 4) is 28.2 Å². The Morgan fingerprint density at radius 3 is 2.08 bits per heavy atom. The zero-order valence-corrected chi connectivity index (χ0v) is 21.1. The van der Waals surface area contributed by atoms with Gasteiger partial charge in [-0.2, -0.15) is 0 Å². The second kappa shape index (κ2) is 10.7. The van der Waals surface area contributed by atoms with E-state index in [2.05, 4.69) is 46.3 Å². The monoisotopic (exact) mass is 489 g/mol. The fourth-order valence-electron chi connectivity index (χ4n) is 4.16.